The van der Waals surface area contributed by atoms with E-state index in [1.54, 1.807) is 0 Å². The fourth-order valence-electron chi connectivity index (χ4n) is 3.86. The summed E-state index contributed by atoms with van der Waals surface area (Å²) in [5.41, 5.74) is 0. The molecule has 0 aliphatic heterocycles. The zero-order valence-electron chi connectivity index (χ0n) is 10.3. The summed E-state index contributed by atoms with van der Waals surface area (Å²) in [6.45, 7) is 9.66. The van der Waals surface area contributed by atoms with Gasteiger partial charge < -0.3 is 0 Å². The fraction of sp³-hybridized carbons (Fsp3) is 1.00. The average molecular weight is 194 g/mol. The van der Waals surface area contributed by atoms with Gasteiger partial charge in [-0.05, 0) is 54.8 Å². The molecule has 0 aromatic carbocycles. The Morgan fingerprint density at radius 2 is 1.57 bits per heavy atom. The second-order valence-electron chi connectivity index (χ2n) is 6.00. The Balaban J connectivity index is 1.67. The van der Waals surface area contributed by atoms with Crippen LogP contribution in [0.3, 0.4) is 0 Å². The summed E-state index contributed by atoms with van der Waals surface area (Å²) in [6, 6.07) is 0. The third-order valence-corrected chi connectivity index (χ3v) is 5.39. The maximum absolute atomic E-state index is 2.44. The van der Waals surface area contributed by atoms with Gasteiger partial charge in [0.05, 0.1) is 0 Å². The van der Waals surface area contributed by atoms with Crippen LogP contribution in [0.4, 0.5) is 0 Å². The molecule has 0 nitrogen and oxygen atoms in total. The van der Waals surface area contributed by atoms with Crippen LogP contribution >= 0.6 is 0 Å². The predicted octanol–water partition coefficient (Wildman–Crippen LogP) is 4.35. The lowest BCUT2D eigenvalue weighted by molar-refractivity contribution is 0.0708. The van der Waals surface area contributed by atoms with Gasteiger partial charge in [0, 0.05) is 0 Å². The lowest BCUT2D eigenvalue weighted by atomic mass is 9.63. The molecule has 2 aliphatic rings. The molecular formula is C14H26. The molecule has 2 rings (SSSR count). The maximum Gasteiger partial charge on any atom is -0.0357 e. The fourth-order valence-corrected chi connectivity index (χ4v) is 3.86. The van der Waals surface area contributed by atoms with Crippen LogP contribution in [0.15, 0.2) is 0 Å². The van der Waals surface area contributed by atoms with Gasteiger partial charge >= 0.3 is 0 Å². The second kappa shape index (κ2) is 3.87. The zero-order chi connectivity index (χ0) is 10.3. The summed E-state index contributed by atoms with van der Waals surface area (Å²) in [5, 5.41) is 0. The summed E-state index contributed by atoms with van der Waals surface area (Å²) in [5.74, 6) is 6.34. The number of rotatable bonds is 4. The molecule has 0 bridgehead atoms. The van der Waals surface area contributed by atoms with Crippen LogP contribution in [0, 0.1) is 35.5 Å². The Bertz CT molecular complexity index is 188. The van der Waals surface area contributed by atoms with Crippen LogP contribution < -0.4 is 0 Å². The van der Waals surface area contributed by atoms with Gasteiger partial charge in [-0.15, -0.1) is 0 Å². The molecule has 2 saturated carbocycles. The van der Waals surface area contributed by atoms with Crippen molar-refractivity contribution in [2.45, 2.75) is 53.4 Å². The SMILES string of the molecule is CCC1C(C)CC1CCC1C(C)C1C. The summed E-state index contributed by atoms with van der Waals surface area (Å²) in [7, 11) is 0. The Hall–Kier alpha value is 0. The Morgan fingerprint density at radius 1 is 0.929 bits per heavy atom. The van der Waals surface area contributed by atoms with Crippen molar-refractivity contribution in [2.24, 2.45) is 35.5 Å². The smallest absolute Gasteiger partial charge is 0.0357 e. The van der Waals surface area contributed by atoms with E-state index >= 15 is 0 Å². The first-order valence-corrected chi connectivity index (χ1v) is 6.65. The number of hydrogen-bond acceptors (Lipinski definition) is 0. The first kappa shape index (κ1) is 10.5. The normalized spacial score (nSPS) is 51.4. The van der Waals surface area contributed by atoms with E-state index < -0.39 is 0 Å². The molecule has 0 heteroatoms. The molecule has 0 spiro atoms. The highest BCUT2D eigenvalue weighted by Crippen LogP contribution is 2.52. The summed E-state index contributed by atoms with van der Waals surface area (Å²) in [6.07, 6.45) is 5.99. The number of hydrogen-bond donors (Lipinski definition) is 0. The first-order chi connectivity index (χ1) is 6.65. The molecule has 0 amide bonds. The van der Waals surface area contributed by atoms with Gasteiger partial charge in [-0.3, -0.25) is 0 Å². The van der Waals surface area contributed by atoms with Crippen LogP contribution in [0.25, 0.3) is 0 Å². The Kier molecular flexibility index (Phi) is 2.91. The molecular weight excluding hydrogens is 168 g/mol. The van der Waals surface area contributed by atoms with E-state index in [0.29, 0.717) is 0 Å². The highest BCUT2D eigenvalue weighted by molar-refractivity contribution is 4.93. The average Bonchev–Trinajstić information content (AvgIpc) is 2.69. The minimum Gasteiger partial charge on any atom is -0.0651 e. The molecule has 2 aliphatic carbocycles. The largest absolute Gasteiger partial charge is 0.0651 e. The molecule has 0 saturated heterocycles. The van der Waals surface area contributed by atoms with E-state index in [0.717, 1.165) is 35.5 Å². The van der Waals surface area contributed by atoms with Gasteiger partial charge in [0.15, 0.2) is 0 Å². The van der Waals surface area contributed by atoms with Crippen molar-refractivity contribution in [1.29, 1.82) is 0 Å². The molecule has 0 aromatic rings. The lowest BCUT2D eigenvalue weighted by Gasteiger charge is -2.43. The minimum atomic E-state index is 1.03. The van der Waals surface area contributed by atoms with Crippen LogP contribution in [0.5, 0.6) is 0 Å². The van der Waals surface area contributed by atoms with Gasteiger partial charge in [-0.2, -0.15) is 0 Å². The van der Waals surface area contributed by atoms with Crippen molar-refractivity contribution in [3.8, 4) is 0 Å². The zero-order valence-corrected chi connectivity index (χ0v) is 10.3. The van der Waals surface area contributed by atoms with Crippen LogP contribution in [-0.2, 0) is 0 Å². The van der Waals surface area contributed by atoms with Gasteiger partial charge in [-0.1, -0.05) is 34.1 Å². The van der Waals surface area contributed by atoms with Crippen molar-refractivity contribution in [1.82, 2.24) is 0 Å². The van der Waals surface area contributed by atoms with E-state index in [9.17, 15) is 0 Å². The highest BCUT2D eigenvalue weighted by Gasteiger charge is 2.44. The predicted molar refractivity (Wildman–Crippen MR) is 62.1 cm³/mol. The van der Waals surface area contributed by atoms with Crippen molar-refractivity contribution in [3.05, 3.63) is 0 Å². The van der Waals surface area contributed by atoms with Gasteiger partial charge in [0.1, 0.15) is 0 Å². The molecule has 0 radical (unpaired) electrons. The maximum atomic E-state index is 2.44. The summed E-state index contributed by atoms with van der Waals surface area (Å²) >= 11 is 0. The third-order valence-electron chi connectivity index (χ3n) is 5.39. The molecule has 5 atom stereocenters. The topological polar surface area (TPSA) is 0 Å². The summed E-state index contributed by atoms with van der Waals surface area (Å²) < 4.78 is 0. The quantitative estimate of drug-likeness (QED) is 0.624. The van der Waals surface area contributed by atoms with E-state index in [1.807, 2.05) is 0 Å². The van der Waals surface area contributed by atoms with Gasteiger partial charge in [0.2, 0.25) is 0 Å². The minimum absolute atomic E-state index is 1.03. The third kappa shape index (κ3) is 1.73. The Morgan fingerprint density at radius 3 is 2.00 bits per heavy atom. The van der Waals surface area contributed by atoms with E-state index in [1.165, 1.54) is 25.7 Å². The molecule has 5 unspecified atom stereocenters. The van der Waals surface area contributed by atoms with E-state index in [2.05, 4.69) is 27.7 Å². The van der Waals surface area contributed by atoms with Crippen molar-refractivity contribution >= 4 is 0 Å². The standard InChI is InChI=1S/C14H26/c1-5-13-9(2)8-12(13)6-7-14-10(3)11(14)4/h9-14H,5-8H2,1-4H3. The van der Waals surface area contributed by atoms with Crippen molar-refractivity contribution < 1.29 is 0 Å². The van der Waals surface area contributed by atoms with Crippen molar-refractivity contribution in [2.75, 3.05) is 0 Å². The monoisotopic (exact) mass is 194 g/mol. The van der Waals surface area contributed by atoms with Crippen LogP contribution in [-0.4, -0.2) is 0 Å². The van der Waals surface area contributed by atoms with E-state index in [4.69, 9.17) is 0 Å². The van der Waals surface area contributed by atoms with Gasteiger partial charge in [0.25, 0.3) is 0 Å². The molecule has 14 heavy (non-hydrogen) atoms. The van der Waals surface area contributed by atoms with E-state index in [-0.39, 0.29) is 0 Å². The van der Waals surface area contributed by atoms with Crippen LogP contribution in [0.2, 0.25) is 0 Å². The van der Waals surface area contributed by atoms with Crippen LogP contribution in [0.1, 0.15) is 53.4 Å². The first-order valence-electron chi connectivity index (χ1n) is 6.65. The molecule has 0 aromatic heterocycles. The van der Waals surface area contributed by atoms with Gasteiger partial charge in [-0.25, -0.2) is 0 Å². The molecule has 2 fully saturated rings. The lowest BCUT2D eigenvalue weighted by Crippen LogP contribution is -2.34. The molecule has 0 N–H and O–H groups in total. The molecule has 0 heterocycles. The highest BCUT2D eigenvalue weighted by atomic mass is 14.5. The Labute approximate surface area is 89.5 Å². The molecule has 82 valence electrons. The second-order valence-corrected chi connectivity index (χ2v) is 6.00. The van der Waals surface area contributed by atoms with Crippen molar-refractivity contribution in [3.63, 3.8) is 0 Å². The summed E-state index contributed by atoms with van der Waals surface area (Å²) in [4.78, 5) is 0.